The Balaban J connectivity index is 1.65. The van der Waals surface area contributed by atoms with Gasteiger partial charge in [-0.2, -0.15) is 0 Å². The van der Waals surface area contributed by atoms with Crippen molar-refractivity contribution in [3.05, 3.63) is 40.9 Å². The third kappa shape index (κ3) is 5.49. The first-order valence-corrected chi connectivity index (χ1v) is 9.68. The molecule has 1 aliphatic heterocycles. The van der Waals surface area contributed by atoms with Crippen LogP contribution in [0.1, 0.15) is 15.9 Å². The topological polar surface area (TPSA) is 124 Å². The van der Waals surface area contributed by atoms with Crippen LogP contribution in [0, 0.1) is 0 Å². The van der Waals surface area contributed by atoms with Gasteiger partial charge < -0.3 is 25.6 Å². The van der Waals surface area contributed by atoms with Crippen molar-refractivity contribution in [3.8, 4) is 5.75 Å². The fraction of sp³-hybridized carbons (Fsp3) is 0.389. The molecule has 0 spiro atoms. The molecule has 0 radical (unpaired) electrons. The molecule has 4 N–H and O–H groups in total. The summed E-state index contributed by atoms with van der Waals surface area (Å²) >= 11 is 1.23. The predicted molar refractivity (Wildman–Crippen MR) is 103 cm³/mol. The number of benzene rings is 1. The van der Waals surface area contributed by atoms with E-state index < -0.39 is 24.5 Å². The molecular formula is C18H22N4O5S. The summed E-state index contributed by atoms with van der Waals surface area (Å²) < 4.78 is 5.32. The van der Waals surface area contributed by atoms with E-state index in [0.717, 1.165) is 18.7 Å². The molecule has 1 unspecified atom stereocenters. The van der Waals surface area contributed by atoms with Crippen LogP contribution in [0.2, 0.25) is 0 Å². The number of rotatable bonds is 7. The van der Waals surface area contributed by atoms with Crippen LogP contribution in [0.25, 0.3) is 0 Å². The Morgan fingerprint density at radius 1 is 1.29 bits per heavy atom. The molecule has 1 atom stereocenters. The SMILES string of the molecule is O=C(NC(CO)C(=O)Nc1nccs1)c1cc(O)cc(CN2CCOCC2)c1. The highest BCUT2D eigenvalue weighted by atomic mass is 32.1. The van der Waals surface area contributed by atoms with Crippen LogP contribution in [0.3, 0.4) is 0 Å². The van der Waals surface area contributed by atoms with E-state index in [4.69, 9.17) is 4.74 Å². The van der Waals surface area contributed by atoms with Crippen molar-refractivity contribution >= 4 is 28.3 Å². The Hall–Kier alpha value is -2.53. The first-order valence-electron chi connectivity index (χ1n) is 8.80. The molecule has 0 bridgehead atoms. The molecule has 2 heterocycles. The van der Waals surface area contributed by atoms with Gasteiger partial charge in [0.1, 0.15) is 11.8 Å². The highest BCUT2D eigenvalue weighted by Gasteiger charge is 2.22. The second-order valence-corrected chi connectivity index (χ2v) is 7.21. The number of carbonyl (C=O) groups excluding carboxylic acids is 2. The Morgan fingerprint density at radius 3 is 2.75 bits per heavy atom. The van der Waals surface area contributed by atoms with Crippen LogP contribution in [-0.2, 0) is 16.1 Å². The summed E-state index contributed by atoms with van der Waals surface area (Å²) in [5.41, 5.74) is 0.989. The summed E-state index contributed by atoms with van der Waals surface area (Å²) in [5, 5.41) is 26.6. The molecule has 1 aliphatic rings. The lowest BCUT2D eigenvalue weighted by atomic mass is 10.1. The van der Waals surface area contributed by atoms with Crippen LogP contribution in [-0.4, -0.2) is 70.9 Å². The number of aromatic hydroxyl groups is 1. The molecule has 3 rings (SSSR count). The van der Waals surface area contributed by atoms with Crippen molar-refractivity contribution in [1.29, 1.82) is 0 Å². The van der Waals surface area contributed by atoms with Crippen molar-refractivity contribution < 1.29 is 24.5 Å². The van der Waals surface area contributed by atoms with Crippen LogP contribution >= 0.6 is 11.3 Å². The van der Waals surface area contributed by atoms with Crippen molar-refractivity contribution in [2.75, 3.05) is 38.2 Å². The number of nitrogens with one attached hydrogen (secondary N) is 2. The number of morpholine rings is 1. The fourth-order valence-electron chi connectivity index (χ4n) is 2.83. The number of aliphatic hydroxyl groups is 1. The normalized spacial score (nSPS) is 15.8. The monoisotopic (exact) mass is 406 g/mol. The summed E-state index contributed by atoms with van der Waals surface area (Å²) in [6, 6.07) is 3.45. The van der Waals surface area contributed by atoms with Gasteiger partial charge in [-0.3, -0.25) is 14.5 Å². The van der Waals surface area contributed by atoms with Crippen LogP contribution in [0.5, 0.6) is 5.75 Å². The Labute approximate surface area is 166 Å². The maximum Gasteiger partial charge on any atom is 0.252 e. The predicted octanol–water partition coefficient (Wildman–Crippen LogP) is 0.410. The number of phenols is 1. The van der Waals surface area contributed by atoms with Crippen molar-refractivity contribution in [2.24, 2.45) is 0 Å². The smallest absolute Gasteiger partial charge is 0.252 e. The van der Waals surface area contributed by atoms with Crippen LogP contribution in [0.4, 0.5) is 5.13 Å². The molecule has 0 saturated carbocycles. The molecule has 1 saturated heterocycles. The van der Waals surface area contributed by atoms with Gasteiger partial charge >= 0.3 is 0 Å². The number of amides is 2. The van der Waals surface area contributed by atoms with Crippen LogP contribution < -0.4 is 10.6 Å². The van der Waals surface area contributed by atoms with E-state index in [1.807, 2.05) is 0 Å². The molecule has 9 nitrogen and oxygen atoms in total. The van der Waals surface area contributed by atoms with Gasteiger partial charge in [0.25, 0.3) is 11.8 Å². The Morgan fingerprint density at radius 2 is 2.07 bits per heavy atom. The number of thiazole rings is 1. The van der Waals surface area contributed by atoms with E-state index in [9.17, 15) is 19.8 Å². The molecule has 0 aliphatic carbocycles. The molecule has 28 heavy (non-hydrogen) atoms. The zero-order chi connectivity index (χ0) is 19.9. The van der Waals surface area contributed by atoms with Gasteiger partial charge in [-0.1, -0.05) is 0 Å². The van der Waals surface area contributed by atoms with Gasteiger partial charge in [-0.25, -0.2) is 4.98 Å². The number of anilines is 1. The van der Waals surface area contributed by atoms with E-state index in [0.29, 0.717) is 24.9 Å². The average molecular weight is 406 g/mol. The van der Waals surface area contributed by atoms with Gasteiger partial charge in [0.2, 0.25) is 0 Å². The maximum atomic E-state index is 12.6. The minimum Gasteiger partial charge on any atom is -0.508 e. The van der Waals surface area contributed by atoms with Gasteiger partial charge in [0, 0.05) is 36.8 Å². The number of phenolic OH excluding ortho intramolecular Hbond substituents is 1. The molecule has 1 fully saturated rings. The molecular weight excluding hydrogens is 384 g/mol. The summed E-state index contributed by atoms with van der Waals surface area (Å²) in [6.07, 6.45) is 1.54. The summed E-state index contributed by atoms with van der Waals surface area (Å²) in [7, 11) is 0. The van der Waals surface area contributed by atoms with Crippen molar-refractivity contribution in [1.82, 2.24) is 15.2 Å². The second-order valence-electron chi connectivity index (χ2n) is 6.31. The molecule has 1 aromatic heterocycles. The number of ether oxygens (including phenoxy) is 1. The zero-order valence-corrected chi connectivity index (χ0v) is 15.9. The number of nitrogens with zero attached hydrogens (tertiary/aromatic N) is 2. The Kier molecular flexibility index (Phi) is 6.93. The number of hydrogen-bond acceptors (Lipinski definition) is 8. The van der Waals surface area contributed by atoms with Gasteiger partial charge in [-0.15, -0.1) is 11.3 Å². The highest BCUT2D eigenvalue weighted by Crippen LogP contribution is 2.18. The maximum absolute atomic E-state index is 12.6. The molecule has 10 heteroatoms. The second kappa shape index (κ2) is 9.60. The van der Waals surface area contributed by atoms with Crippen molar-refractivity contribution in [3.63, 3.8) is 0 Å². The van der Waals surface area contributed by atoms with E-state index >= 15 is 0 Å². The number of hydrogen-bond donors (Lipinski definition) is 4. The van der Waals surface area contributed by atoms with E-state index in [-0.39, 0.29) is 11.3 Å². The van der Waals surface area contributed by atoms with Gasteiger partial charge in [0.05, 0.1) is 19.8 Å². The van der Waals surface area contributed by atoms with Gasteiger partial charge in [0.15, 0.2) is 5.13 Å². The fourth-order valence-corrected chi connectivity index (χ4v) is 3.36. The molecule has 2 aromatic rings. The quantitative estimate of drug-likeness (QED) is 0.525. The van der Waals surface area contributed by atoms with E-state index in [1.165, 1.54) is 23.6 Å². The summed E-state index contributed by atoms with van der Waals surface area (Å²) in [5.74, 6) is -1.17. The van der Waals surface area contributed by atoms with Gasteiger partial charge in [-0.05, 0) is 23.8 Å². The first kappa shape index (κ1) is 20.2. The highest BCUT2D eigenvalue weighted by molar-refractivity contribution is 7.13. The van der Waals surface area contributed by atoms with Crippen molar-refractivity contribution in [2.45, 2.75) is 12.6 Å². The van der Waals surface area contributed by atoms with E-state index in [1.54, 1.807) is 17.5 Å². The number of aliphatic hydroxyl groups excluding tert-OH is 1. The lowest BCUT2D eigenvalue weighted by Crippen LogP contribution is -2.46. The largest absolute Gasteiger partial charge is 0.508 e. The minimum atomic E-state index is -1.14. The standard InChI is InChI=1S/C18H22N4O5S/c23-11-15(17(26)21-18-19-1-6-28-18)20-16(25)13-7-12(8-14(24)9-13)10-22-2-4-27-5-3-22/h1,6-9,15,23-24H,2-5,10-11H2,(H,20,25)(H,19,21,26). The zero-order valence-electron chi connectivity index (χ0n) is 15.1. The number of carbonyl (C=O) groups is 2. The lowest BCUT2D eigenvalue weighted by Gasteiger charge is -2.26. The first-order chi connectivity index (χ1) is 13.5. The third-order valence-electron chi connectivity index (χ3n) is 4.22. The molecule has 1 aromatic carbocycles. The molecule has 2 amide bonds. The number of aromatic nitrogens is 1. The Bertz CT molecular complexity index is 808. The van der Waals surface area contributed by atoms with Crippen LogP contribution in [0.15, 0.2) is 29.8 Å². The lowest BCUT2D eigenvalue weighted by molar-refractivity contribution is -0.118. The van der Waals surface area contributed by atoms with E-state index in [2.05, 4.69) is 20.5 Å². The third-order valence-corrected chi connectivity index (χ3v) is 4.91. The summed E-state index contributed by atoms with van der Waals surface area (Å²) in [4.78, 5) is 30.9. The minimum absolute atomic E-state index is 0.0382. The average Bonchev–Trinajstić information content (AvgIpc) is 3.19. The summed E-state index contributed by atoms with van der Waals surface area (Å²) in [6.45, 7) is 2.87. The molecule has 150 valence electrons.